The van der Waals surface area contributed by atoms with Crippen LogP contribution in [0.25, 0.3) is 5.69 Å². The van der Waals surface area contributed by atoms with E-state index in [4.69, 9.17) is 9.84 Å². The smallest absolute Gasteiger partial charge is 0.227 e. The van der Waals surface area contributed by atoms with Crippen molar-refractivity contribution in [1.29, 1.82) is 0 Å². The minimum atomic E-state index is -0.962. The Morgan fingerprint density at radius 1 is 1.13 bits per heavy atom. The first-order valence-electron chi connectivity index (χ1n) is 10.8. The summed E-state index contributed by atoms with van der Waals surface area (Å²) in [4.78, 5) is 2.23. The van der Waals surface area contributed by atoms with Gasteiger partial charge in [0, 0.05) is 13.1 Å². The third-order valence-corrected chi connectivity index (χ3v) is 5.28. The molecule has 3 aromatic rings. The van der Waals surface area contributed by atoms with Crippen LogP contribution in [0.1, 0.15) is 37.1 Å². The topological polar surface area (TPSA) is 50.5 Å². The highest BCUT2D eigenvalue weighted by Crippen LogP contribution is 2.32. The van der Waals surface area contributed by atoms with Gasteiger partial charge >= 0.3 is 0 Å². The molecule has 1 unspecified atom stereocenters. The van der Waals surface area contributed by atoms with Crippen LogP contribution in [-0.4, -0.2) is 38.5 Å². The van der Waals surface area contributed by atoms with Crippen LogP contribution >= 0.6 is 0 Å². The fourth-order valence-corrected chi connectivity index (χ4v) is 3.56. The number of aromatic nitrogens is 2. The molecule has 2 aromatic carbocycles. The highest BCUT2D eigenvalue weighted by atomic mass is 16.5. The van der Waals surface area contributed by atoms with Gasteiger partial charge in [0.15, 0.2) is 0 Å². The number of aryl methyl sites for hydroxylation is 2. The van der Waals surface area contributed by atoms with Crippen LogP contribution in [0.15, 0.2) is 67.3 Å². The van der Waals surface area contributed by atoms with Gasteiger partial charge in [0.25, 0.3) is 0 Å². The Morgan fingerprint density at radius 2 is 1.81 bits per heavy atom. The highest BCUT2D eigenvalue weighted by Gasteiger charge is 2.25. The average molecular weight is 420 g/mol. The van der Waals surface area contributed by atoms with Gasteiger partial charge in [-0.3, -0.25) is 4.90 Å². The van der Waals surface area contributed by atoms with Crippen molar-refractivity contribution in [3.8, 4) is 17.3 Å². The predicted octanol–water partition coefficient (Wildman–Crippen LogP) is 5.43. The highest BCUT2D eigenvalue weighted by molar-refractivity contribution is 5.43. The molecule has 0 bridgehead atoms. The van der Waals surface area contributed by atoms with E-state index >= 15 is 0 Å². The monoisotopic (exact) mass is 419 g/mol. The zero-order chi connectivity index (χ0) is 22.4. The lowest BCUT2D eigenvalue weighted by Gasteiger charge is -2.29. The maximum absolute atomic E-state index is 10.6. The number of hydrogen-bond donors (Lipinski definition) is 1. The average Bonchev–Trinajstić information content (AvgIpc) is 3.05. The number of nitrogens with zero attached hydrogens (tertiary/aromatic N) is 3. The predicted molar refractivity (Wildman–Crippen MR) is 126 cm³/mol. The molecule has 0 aliphatic rings. The molecule has 0 amide bonds. The minimum absolute atomic E-state index is 0.490. The van der Waals surface area contributed by atoms with Crippen molar-refractivity contribution < 1.29 is 9.84 Å². The van der Waals surface area contributed by atoms with Crippen LogP contribution < -0.4 is 4.74 Å². The van der Waals surface area contributed by atoms with Gasteiger partial charge in [0.2, 0.25) is 5.88 Å². The molecule has 0 aliphatic carbocycles. The summed E-state index contributed by atoms with van der Waals surface area (Å²) in [7, 11) is 0. The van der Waals surface area contributed by atoms with E-state index in [0.29, 0.717) is 19.0 Å². The van der Waals surface area contributed by atoms with Crippen molar-refractivity contribution in [3.63, 3.8) is 0 Å². The number of para-hydroxylation sites is 1. The van der Waals surface area contributed by atoms with Gasteiger partial charge in [-0.1, -0.05) is 48.9 Å². The SMILES string of the molecule is C=CC(C)(O)CN(CCC)Cc1c(C)nn(-c2ccccc2)c1Oc1ccc(C)cc1. The summed E-state index contributed by atoms with van der Waals surface area (Å²) in [6.07, 6.45) is 2.58. The molecule has 0 radical (unpaired) electrons. The first kappa shape index (κ1) is 22.8. The van der Waals surface area contributed by atoms with Gasteiger partial charge in [-0.2, -0.15) is 5.10 Å². The second-order valence-corrected chi connectivity index (χ2v) is 8.30. The van der Waals surface area contributed by atoms with Gasteiger partial charge in [-0.05, 0) is 58.0 Å². The maximum atomic E-state index is 10.6. The lowest BCUT2D eigenvalue weighted by molar-refractivity contribution is 0.0584. The zero-order valence-electron chi connectivity index (χ0n) is 19.0. The van der Waals surface area contributed by atoms with Crippen molar-refractivity contribution in [2.75, 3.05) is 13.1 Å². The van der Waals surface area contributed by atoms with Crippen LogP contribution in [0.5, 0.6) is 11.6 Å². The molecular weight excluding hydrogens is 386 g/mol. The summed E-state index contributed by atoms with van der Waals surface area (Å²) < 4.78 is 8.26. The molecule has 1 N–H and O–H groups in total. The number of hydrogen-bond acceptors (Lipinski definition) is 4. The van der Waals surface area contributed by atoms with E-state index in [1.165, 1.54) is 5.56 Å². The molecule has 0 aliphatic heterocycles. The third kappa shape index (κ3) is 5.84. The van der Waals surface area contributed by atoms with E-state index in [1.807, 2.05) is 66.2 Å². The maximum Gasteiger partial charge on any atom is 0.227 e. The van der Waals surface area contributed by atoms with E-state index in [0.717, 1.165) is 35.7 Å². The van der Waals surface area contributed by atoms with Crippen LogP contribution in [0.2, 0.25) is 0 Å². The van der Waals surface area contributed by atoms with Crippen LogP contribution in [0.4, 0.5) is 0 Å². The van der Waals surface area contributed by atoms with Gasteiger partial charge in [-0.15, -0.1) is 6.58 Å². The van der Waals surface area contributed by atoms with E-state index in [2.05, 4.69) is 25.3 Å². The van der Waals surface area contributed by atoms with Crippen molar-refractivity contribution in [2.24, 2.45) is 0 Å². The summed E-state index contributed by atoms with van der Waals surface area (Å²) >= 11 is 0. The summed E-state index contributed by atoms with van der Waals surface area (Å²) in [5, 5.41) is 15.4. The Balaban J connectivity index is 2.02. The van der Waals surface area contributed by atoms with E-state index < -0.39 is 5.60 Å². The van der Waals surface area contributed by atoms with Gasteiger partial charge in [0.1, 0.15) is 5.75 Å². The normalized spacial score (nSPS) is 13.2. The Bertz CT molecular complexity index is 991. The fraction of sp³-hybridized carbons (Fsp3) is 0.346. The molecule has 1 aromatic heterocycles. The molecule has 31 heavy (non-hydrogen) atoms. The van der Waals surface area contributed by atoms with Gasteiger partial charge in [-0.25, -0.2) is 4.68 Å². The number of ether oxygens (including phenoxy) is 1. The number of rotatable bonds is 10. The molecule has 164 valence electrons. The first-order chi connectivity index (χ1) is 14.8. The van der Waals surface area contributed by atoms with E-state index in [-0.39, 0.29) is 0 Å². The summed E-state index contributed by atoms with van der Waals surface area (Å²) in [6, 6.07) is 18.0. The lowest BCUT2D eigenvalue weighted by Crippen LogP contribution is -2.39. The number of aliphatic hydroxyl groups is 1. The van der Waals surface area contributed by atoms with Crippen LogP contribution in [0.3, 0.4) is 0 Å². The standard InChI is InChI=1S/C26H33N3O2/c1-6-17-28(19-26(5,30)7-2)18-24-21(4)27-29(22-11-9-8-10-12-22)25(24)31-23-15-13-20(3)14-16-23/h7-16,30H,2,6,17-19H2,1,3-5H3. The zero-order valence-corrected chi connectivity index (χ0v) is 19.0. The molecule has 1 heterocycles. The molecule has 5 nitrogen and oxygen atoms in total. The molecule has 1 atom stereocenters. The Labute approximate surface area is 185 Å². The summed E-state index contributed by atoms with van der Waals surface area (Å²) in [6.45, 7) is 13.7. The second-order valence-electron chi connectivity index (χ2n) is 8.30. The van der Waals surface area contributed by atoms with Crippen molar-refractivity contribution in [2.45, 2.75) is 46.3 Å². The van der Waals surface area contributed by atoms with E-state index in [1.54, 1.807) is 13.0 Å². The molecule has 5 heteroatoms. The molecule has 0 saturated carbocycles. The number of benzene rings is 2. The Morgan fingerprint density at radius 3 is 2.42 bits per heavy atom. The quantitative estimate of drug-likeness (QED) is 0.445. The second kappa shape index (κ2) is 9.94. The summed E-state index contributed by atoms with van der Waals surface area (Å²) in [5.74, 6) is 1.47. The lowest BCUT2D eigenvalue weighted by atomic mass is 10.1. The van der Waals surface area contributed by atoms with Crippen LogP contribution in [-0.2, 0) is 6.54 Å². The van der Waals surface area contributed by atoms with Crippen molar-refractivity contribution in [3.05, 3.63) is 84.1 Å². The molecule has 0 saturated heterocycles. The largest absolute Gasteiger partial charge is 0.439 e. The summed E-state index contributed by atoms with van der Waals surface area (Å²) in [5.41, 5.74) is 3.08. The molecular formula is C26H33N3O2. The Hall–Kier alpha value is -2.89. The van der Waals surface area contributed by atoms with Crippen LogP contribution in [0, 0.1) is 13.8 Å². The van der Waals surface area contributed by atoms with Gasteiger partial charge in [0.05, 0.1) is 22.5 Å². The fourth-order valence-electron chi connectivity index (χ4n) is 3.56. The van der Waals surface area contributed by atoms with Crippen molar-refractivity contribution >= 4 is 0 Å². The minimum Gasteiger partial charge on any atom is -0.439 e. The third-order valence-electron chi connectivity index (χ3n) is 5.28. The van der Waals surface area contributed by atoms with E-state index in [9.17, 15) is 5.11 Å². The molecule has 0 spiro atoms. The molecule has 0 fully saturated rings. The van der Waals surface area contributed by atoms with Crippen molar-refractivity contribution in [1.82, 2.24) is 14.7 Å². The Kier molecular flexibility index (Phi) is 7.31. The first-order valence-corrected chi connectivity index (χ1v) is 10.8. The molecule has 3 rings (SSSR count). The van der Waals surface area contributed by atoms with Gasteiger partial charge < -0.3 is 9.84 Å².